The molecule has 7 nitrogen and oxygen atoms in total. The Bertz CT molecular complexity index is 653. The van der Waals surface area contributed by atoms with Crippen molar-refractivity contribution in [3.05, 3.63) is 35.8 Å². The number of thiazole rings is 1. The third-order valence-electron chi connectivity index (χ3n) is 2.32. The van der Waals surface area contributed by atoms with Crippen LogP contribution < -0.4 is 16.0 Å². The molecule has 0 aliphatic heterocycles. The Hall–Kier alpha value is -2.74. The van der Waals surface area contributed by atoms with Gasteiger partial charge in [0.15, 0.2) is 5.13 Å². The summed E-state index contributed by atoms with van der Waals surface area (Å²) in [4.78, 5) is 38.0. The fourth-order valence-corrected chi connectivity index (χ4v) is 1.99. The molecular formula is C13H12N4O3S. The van der Waals surface area contributed by atoms with Crippen LogP contribution in [0.4, 0.5) is 16.5 Å². The van der Waals surface area contributed by atoms with E-state index in [-0.39, 0.29) is 5.91 Å². The molecule has 0 saturated heterocycles. The molecule has 1 heterocycles. The second-order valence-electron chi connectivity index (χ2n) is 4.00. The summed E-state index contributed by atoms with van der Waals surface area (Å²) in [6.07, 6.45) is 1.53. The van der Waals surface area contributed by atoms with E-state index in [9.17, 15) is 14.4 Å². The zero-order valence-corrected chi connectivity index (χ0v) is 11.9. The van der Waals surface area contributed by atoms with Gasteiger partial charge in [0.05, 0.1) is 0 Å². The molecule has 0 spiro atoms. The van der Waals surface area contributed by atoms with Crippen LogP contribution in [0.2, 0.25) is 0 Å². The Morgan fingerprint density at radius 3 is 2.05 bits per heavy atom. The predicted molar refractivity (Wildman–Crippen MR) is 80.1 cm³/mol. The molecule has 0 fully saturated rings. The standard InChI is InChI=1S/C13H12N4O3S/c1-8(18)15-9-2-4-10(5-3-9)16-11(19)12(20)17-13-14-6-7-21-13/h2-7H,1H3,(H,15,18)(H,16,19)(H,14,17,20). The summed E-state index contributed by atoms with van der Waals surface area (Å²) in [5, 5.41) is 9.47. The van der Waals surface area contributed by atoms with Crippen molar-refractivity contribution >= 4 is 45.6 Å². The van der Waals surface area contributed by atoms with Gasteiger partial charge in [0.1, 0.15) is 0 Å². The van der Waals surface area contributed by atoms with Gasteiger partial charge in [0, 0.05) is 29.9 Å². The molecule has 0 saturated carbocycles. The van der Waals surface area contributed by atoms with Crippen molar-refractivity contribution in [3.63, 3.8) is 0 Å². The molecule has 1 aromatic heterocycles. The lowest BCUT2D eigenvalue weighted by Gasteiger charge is -2.06. The number of carbonyl (C=O) groups is 3. The van der Waals surface area contributed by atoms with Crippen molar-refractivity contribution in [3.8, 4) is 0 Å². The molecule has 2 rings (SSSR count). The van der Waals surface area contributed by atoms with E-state index in [1.54, 1.807) is 29.6 Å². The minimum Gasteiger partial charge on any atom is -0.326 e. The number of benzene rings is 1. The second kappa shape index (κ2) is 6.62. The monoisotopic (exact) mass is 304 g/mol. The maximum absolute atomic E-state index is 11.7. The number of aromatic nitrogens is 1. The SMILES string of the molecule is CC(=O)Nc1ccc(NC(=O)C(=O)Nc2nccs2)cc1. The number of hydrogen-bond acceptors (Lipinski definition) is 5. The minimum absolute atomic E-state index is 0.186. The van der Waals surface area contributed by atoms with E-state index >= 15 is 0 Å². The Labute approximate surface area is 124 Å². The molecule has 0 aliphatic rings. The lowest BCUT2D eigenvalue weighted by molar-refractivity contribution is -0.132. The normalized spacial score (nSPS) is 9.76. The van der Waals surface area contributed by atoms with Gasteiger partial charge >= 0.3 is 11.8 Å². The largest absolute Gasteiger partial charge is 0.326 e. The summed E-state index contributed by atoms with van der Waals surface area (Å²) in [6.45, 7) is 1.40. The number of carbonyl (C=O) groups excluding carboxylic acids is 3. The van der Waals surface area contributed by atoms with Crippen molar-refractivity contribution in [2.24, 2.45) is 0 Å². The average Bonchev–Trinajstić information content (AvgIpc) is 2.93. The van der Waals surface area contributed by atoms with Crippen molar-refractivity contribution in [2.45, 2.75) is 6.92 Å². The fraction of sp³-hybridized carbons (Fsp3) is 0.0769. The van der Waals surface area contributed by atoms with Crippen LogP contribution >= 0.6 is 11.3 Å². The van der Waals surface area contributed by atoms with Gasteiger partial charge in [0.2, 0.25) is 5.91 Å². The highest BCUT2D eigenvalue weighted by Crippen LogP contribution is 2.14. The van der Waals surface area contributed by atoms with Crippen LogP contribution in [-0.2, 0) is 14.4 Å². The molecule has 0 unspecified atom stereocenters. The number of amides is 3. The molecule has 3 N–H and O–H groups in total. The van der Waals surface area contributed by atoms with E-state index in [2.05, 4.69) is 20.9 Å². The Balaban J connectivity index is 1.92. The van der Waals surface area contributed by atoms with Crippen molar-refractivity contribution in [1.29, 1.82) is 0 Å². The van der Waals surface area contributed by atoms with Gasteiger partial charge in [-0.2, -0.15) is 0 Å². The number of anilines is 3. The smallest absolute Gasteiger partial charge is 0.315 e. The Morgan fingerprint density at radius 2 is 1.52 bits per heavy atom. The van der Waals surface area contributed by atoms with Crippen LogP contribution in [0.1, 0.15) is 6.92 Å². The molecule has 1 aromatic carbocycles. The average molecular weight is 304 g/mol. The van der Waals surface area contributed by atoms with Crippen LogP contribution in [0.25, 0.3) is 0 Å². The lowest BCUT2D eigenvalue weighted by atomic mass is 10.2. The van der Waals surface area contributed by atoms with Gasteiger partial charge in [-0.3, -0.25) is 19.7 Å². The van der Waals surface area contributed by atoms with E-state index in [4.69, 9.17) is 0 Å². The summed E-state index contributed by atoms with van der Waals surface area (Å²) >= 11 is 1.22. The molecule has 8 heteroatoms. The van der Waals surface area contributed by atoms with Gasteiger partial charge in [-0.25, -0.2) is 4.98 Å². The van der Waals surface area contributed by atoms with Crippen LogP contribution in [-0.4, -0.2) is 22.7 Å². The maximum atomic E-state index is 11.7. The highest BCUT2D eigenvalue weighted by Gasteiger charge is 2.14. The topological polar surface area (TPSA) is 100 Å². The number of hydrogen-bond donors (Lipinski definition) is 3. The van der Waals surface area contributed by atoms with Crippen molar-refractivity contribution < 1.29 is 14.4 Å². The van der Waals surface area contributed by atoms with Crippen molar-refractivity contribution in [1.82, 2.24) is 4.98 Å². The zero-order valence-electron chi connectivity index (χ0n) is 11.0. The molecule has 0 aliphatic carbocycles. The summed E-state index contributed by atoms with van der Waals surface area (Å²) in [5.74, 6) is -1.78. The highest BCUT2D eigenvalue weighted by atomic mass is 32.1. The quantitative estimate of drug-likeness (QED) is 0.751. The second-order valence-corrected chi connectivity index (χ2v) is 4.90. The van der Waals surface area contributed by atoms with E-state index in [1.807, 2.05) is 0 Å². The fourth-order valence-electron chi connectivity index (χ4n) is 1.47. The van der Waals surface area contributed by atoms with E-state index in [0.717, 1.165) is 0 Å². The first-order valence-electron chi connectivity index (χ1n) is 5.94. The van der Waals surface area contributed by atoms with Crippen molar-refractivity contribution in [2.75, 3.05) is 16.0 Å². The molecule has 0 bridgehead atoms. The molecule has 2 aromatic rings. The molecule has 3 amide bonds. The van der Waals surface area contributed by atoms with E-state index in [1.165, 1.54) is 24.5 Å². The molecule has 21 heavy (non-hydrogen) atoms. The zero-order chi connectivity index (χ0) is 15.2. The first kappa shape index (κ1) is 14.7. The maximum Gasteiger partial charge on any atom is 0.315 e. The Kier molecular flexibility index (Phi) is 4.62. The number of nitrogens with one attached hydrogen (secondary N) is 3. The highest BCUT2D eigenvalue weighted by molar-refractivity contribution is 7.13. The van der Waals surface area contributed by atoms with Crippen LogP contribution in [0.5, 0.6) is 0 Å². The number of rotatable bonds is 3. The van der Waals surface area contributed by atoms with Crippen LogP contribution in [0.3, 0.4) is 0 Å². The van der Waals surface area contributed by atoms with E-state index < -0.39 is 11.8 Å². The van der Waals surface area contributed by atoms with Crippen LogP contribution in [0, 0.1) is 0 Å². The Morgan fingerprint density at radius 1 is 0.952 bits per heavy atom. The van der Waals surface area contributed by atoms with Gasteiger partial charge in [-0.05, 0) is 24.3 Å². The van der Waals surface area contributed by atoms with Crippen LogP contribution in [0.15, 0.2) is 35.8 Å². The lowest BCUT2D eigenvalue weighted by Crippen LogP contribution is -2.28. The molecule has 0 atom stereocenters. The minimum atomic E-state index is -0.795. The number of nitrogens with zero attached hydrogens (tertiary/aromatic N) is 1. The molecule has 0 radical (unpaired) electrons. The molecule has 108 valence electrons. The third-order valence-corrected chi connectivity index (χ3v) is 3.01. The van der Waals surface area contributed by atoms with Gasteiger partial charge in [-0.15, -0.1) is 11.3 Å². The third kappa shape index (κ3) is 4.39. The first-order valence-corrected chi connectivity index (χ1v) is 6.82. The summed E-state index contributed by atoms with van der Waals surface area (Å²) in [6, 6.07) is 6.41. The van der Waals surface area contributed by atoms with Gasteiger partial charge < -0.3 is 10.6 Å². The summed E-state index contributed by atoms with van der Waals surface area (Å²) < 4.78 is 0. The first-order chi connectivity index (χ1) is 10.0. The van der Waals surface area contributed by atoms with Gasteiger partial charge in [-0.1, -0.05) is 0 Å². The molecular weight excluding hydrogens is 292 g/mol. The summed E-state index contributed by atoms with van der Waals surface area (Å²) in [7, 11) is 0. The van der Waals surface area contributed by atoms with Gasteiger partial charge in [0.25, 0.3) is 0 Å². The summed E-state index contributed by atoms with van der Waals surface area (Å²) in [5.41, 5.74) is 1.05. The van der Waals surface area contributed by atoms with E-state index in [0.29, 0.717) is 16.5 Å². The predicted octanol–water partition coefficient (Wildman–Crippen LogP) is 1.68.